The Hall–Kier alpha value is -0.830. The number of rotatable bonds is 6. The van der Waals surface area contributed by atoms with Crippen molar-refractivity contribution in [2.75, 3.05) is 13.1 Å². The van der Waals surface area contributed by atoms with E-state index in [1.54, 1.807) is 0 Å². The maximum atomic E-state index is 12.3. The van der Waals surface area contributed by atoms with E-state index in [9.17, 15) is 4.79 Å². The molecule has 0 unspecified atom stereocenters. The molecular formula is C14H20BrNO. The van der Waals surface area contributed by atoms with Crippen molar-refractivity contribution in [3.05, 3.63) is 34.3 Å². The van der Waals surface area contributed by atoms with Crippen molar-refractivity contribution in [2.45, 2.75) is 33.1 Å². The SMILES string of the molecule is CCCCN(CCC)C(=O)c1cccc(Br)c1. The van der Waals surface area contributed by atoms with Gasteiger partial charge in [0.2, 0.25) is 0 Å². The van der Waals surface area contributed by atoms with Gasteiger partial charge >= 0.3 is 0 Å². The molecule has 0 aliphatic rings. The first-order valence-electron chi connectivity index (χ1n) is 6.23. The minimum absolute atomic E-state index is 0.140. The maximum Gasteiger partial charge on any atom is 0.253 e. The molecule has 0 radical (unpaired) electrons. The van der Waals surface area contributed by atoms with Crippen LogP contribution in [0.3, 0.4) is 0 Å². The van der Waals surface area contributed by atoms with Crippen LogP contribution in [-0.4, -0.2) is 23.9 Å². The van der Waals surface area contributed by atoms with Crippen LogP contribution in [0.25, 0.3) is 0 Å². The molecule has 0 spiro atoms. The number of amides is 1. The summed E-state index contributed by atoms with van der Waals surface area (Å²) in [5.74, 6) is 0.140. The topological polar surface area (TPSA) is 20.3 Å². The van der Waals surface area contributed by atoms with Gasteiger partial charge in [-0.1, -0.05) is 42.3 Å². The minimum Gasteiger partial charge on any atom is -0.339 e. The molecule has 0 heterocycles. The number of hydrogen-bond donors (Lipinski definition) is 0. The summed E-state index contributed by atoms with van der Waals surface area (Å²) in [5, 5.41) is 0. The molecule has 0 aliphatic heterocycles. The number of unbranched alkanes of at least 4 members (excludes halogenated alkanes) is 1. The molecule has 0 fully saturated rings. The van der Waals surface area contributed by atoms with E-state index in [0.717, 1.165) is 42.4 Å². The molecule has 0 saturated carbocycles. The molecule has 0 bridgehead atoms. The maximum absolute atomic E-state index is 12.3. The van der Waals surface area contributed by atoms with Gasteiger partial charge in [0.25, 0.3) is 5.91 Å². The van der Waals surface area contributed by atoms with E-state index < -0.39 is 0 Å². The molecule has 17 heavy (non-hydrogen) atoms. The second-order valence-corrected chi connectivity index (χ2v) is 5.07. The number of hydrogen-bond acceptors (Lipinski definition) is 1. The lowest BCUT2D eigenvalue weighted by Crippen LogP contribution is -2.32. The third-order valence-corrected chi connectivity index (χ3v) is 3.13. The van der Waals surface area contributed by atoms with E-state index in [2.05, 4.69) is 29.8 Å². The van der Waals surface area contributed by atoms with E-state index in [1.807, 2.05) is 29.2 Å². The van der Waals surface area contributed by atoms with Crippen LogP contribution in [0.15, 0.2) is 28.7 Å². The van der Waals surface area contributed by atoms with Crippen LogP contribution in [0.1, 0.15) is 43.5 Å². The molecule has 1 aromatic carbocycles. The van der Waals surface area contributed by atoms with Gasteiger partial charge in [-0.15, -0.1) is 0 Å². The van der Waals surface area contributed by atoms with Crippen LogP contribution in [0.5, 0.6) is 0 Å². The van der Waals surface area contributed by atoms with Crippen molar-refractivity contribution in [3.63, 3.8) is 0 Å². The first-order chi connectivity index (χ1) is 8.19. The standard InChI is InChI=1S/C14H20BrNO/c1-3-5-10-16(9-4-2)14(17)12-7-6-8-13(15)11-12/h6-8,11H,3-5,9-10H2,1-2H3. The highest BCUT2D eigenvalue weighted by Crippen LogP contribution is 2.14. The molecule has 3 heteroatoms. The number of carbonyl (C=O) groups is 1. The summed E-state index contributed by atoms with van der Waals surface area (Å²) in [6.45, 7) is 5.95. The largest absolute Gasteiger partial charge is 0.339 e. The highest BCUT2D eigenvalue weighted by atomic mass is 79.9. The van der Waals surface area contributed by atoms with Crippen LogP contribution in [0.4, 0.5) is 0 Å². The van der Waals surface area contributed by atoms with Crippen molar-refractivity contribution in [2.24, 2.45) is 0 Å². The average molecular weight is 298 g/mol. The van der Waals surface area contributed by atoms with Gasteiger partial charge in [0.1, 0.15) is 0 Å². The predicted molar refractivity (Wildman–Crippen MR) is 75.2 cm³/mol. The number of benzene rings is 1. The summed E-state index contributed by atoms with van der Waals surface area (Å²) in [7, 11) is 0. The van der Waals surface area contributed by atoms with Crippen LogP contribution in [-0.2, 0) is 0 Å². The molecular weight excluding hydrogens is 278 g/mol. The van der Waals surface area contributed by atoms with Crippen LogP contribution >= 0.6 is 15.9 Å². The van der Waals surface area contributed by atoms with E-state index in [0.29, 0.717) is 0 Å². The number of halogens is 1. The highest BCUT2D eigenvalue weighted by molar-refractivity contribution is 9.10. The van der Waals surface area contributed by atoms with Crippen LogP contribution < -0.4 is 0 Å². The van der Waals surface area contributed by atoms with Gasteiger partial charge in [-0.2, -0.15) is 0 Å². The fraction of sp³-hybridized carbons (Fsp3) is 0.500. The molecule has 1 aromatic rings. The van der Waals surface area contributed by atoms with Crippen molar-refractivity contribution in [1.29, 1.82) is 0 Å². The zero-order valence-electron chi connectivity index (χ0n) is 10.6. The number of carbonyl (C=O) groups excluding carboxylic acids is 1. The smallest absolute Gasteiger partial charge is 0.253 e. The zero-order chi connectivity index (χ0) is 12.7. The molecule has 0 aliphatic carbocycles. The third-order valence-electron chi connectivity index (χ3n) is 2.63. The minimum atomic E-state index is 0.140. The fourth-order valence-electron chi connectivity index (χ4n) is 1.74. The lowest BCUT2D eigenvalue weighted by molar-refractivity contribution is 0.0753. The van der Waals surface area contributed by atoms with E-state index in [-0.39, 0.29) is 5.91 Å². The Morgan fingerprint density at radius 1 is 1.24 bits per heavy atom. The van der Waals surface area contributed by atoms with Crippen molar-refractivity contribution < 1.29 is 4.79 Å². The van der Waals surface area contributed by atoms with Gasteiger partial charge in [-0.25, -0.2) is 0 Å². The summed E-state index contributed by atoms with van der Waals surface area (Å²) in [4.78, 5) is 14.2. The van der Waals surface area contributed by atoms with Crippen molar-refractivity contribution >= 4 is 21.8 Å². The van der Waals surface area contributed by atoms with Gasteiger partial charge in [0, 0.05) is 23.1 Å². The van der Waals surface area contributed by atoms with E-state index in [1.165, 1.54) is 0 Å². The summed E-state index contributed by atoms with van der Waals surface area (Å²) < 4.78 is 0.954. The van der Waals surface area contributed by atoms with Gasteiger partial charge in [0.05, 0.1) is 0 Å². The predicted octanol–water partition coefficient (Wildman–Crippen LogP) is 4.10. The van der Waals surface area contributed by atoms with Gasteiger partial charge in [0.15, 0.2) is 0 Å². The first-order valence-corrected chi connectivity index (χ1v) is 7.03. The van der Waals surface area contributed by atoms with Crippen molar-refractivity contribution in [1.82, 2.24) is 4.90 Å². The second kappa shape index (κ2) is 7.49. The monoisotopic (exact) mass is 297 g/mol. The Balaban J connectivity index is 2.76. The summed E-state index contributed by atoms with van der Waals surface area (Å²) in [6, 6.07) is 7.60. The second-order valence-electron chi connectivity index (χ2n) is 4.16. The summed E-state index contributed by atoms with van der Waals surface area (Å²) >= 11 is 3.40. The first kappa shape index (κ1) is 14.2. The van der Waals surface area contributed by atoms with Gasteiger partial charge in [-0.3, -0.25) is 4.79 Å². The zero-order valence-corrected chi connectivity index (χ0v) is 12.2. The van der Waals surface area contributed by atoms with E-state index in [4.69, 9.17) is 0 Å². The molecule has 0 saturated heterocycles. The Morgan fingerprint density at radius 2 is 2.00 bits per heavy atom. The van der Waals surface area contributed by atoms with Crippen molar-refractivity contribution in [3.8, 4) is 0 Å². The van der Waals surface area contributed by atoms with Gasteiger partial charge in [-0.05, 0) is 31.0 Å². The Labute approximate surface area is 112 Å². The quantitative estimate of drug-likeness (QED) is 0.774. The Kier molecular flexibility index (Phi) is 6.27. The lowest BCUT2D eigenvalue weighted by atomic mass is 10.2. The molecule has 94 valence electrons. The Morgan fingerprint density at radius 3 is 2.59 bits per heavy atom. The molecule has 2 nitrogen and oxygen atoms in total. The molecule has 0 aromatic heterocycles. The highest BCUT2D eigenvalue weighted by Gasteiger charge is 2.14. The molecule has 1 amide bonds. The number of nitrogens with zero attached hydrogens (tertiary/aromatic N) is 1. The van der Waals surface area contributed by atoms with Crippen LogP contribution in [0.2, 0.25) is 0 Å². The normalized spacial score (nSPS) is 10.3. The van der Waals surface area contributed by atoms with Crippen LogP contribution in [0, 0.1) is 0 Å². The fourth-order valence-corrected chi connectivity index (χ4v) is 2.14. The summed E-state index contributed by atoms with van der Waals surface area (Å²) in [5.41, 5.74) is 0.768. The summed E-state index contributed by atoms with van der Waals surface area (Å²) in [6.07, 6.45) is 3.19. The Bertz CT molecular complexity index is 365. The van der Waals surface area contributed by atoms with E-state index >= 15 is 0 Å². The lowest BCUT2D eigenvalue weighted by Gasteiger charge is -2.22. The molecule has 1 rings (SSSR count). The van der Waals surface area contributed by atoms with Gasteiger partial charge < -0.3 is 4.90 Å². The average Bonchev–Trinajstić information content (AvgIpc) is 2.33. The molecule has 0 atom stereocenters. The third kappa shape index (κ3) is 4.50. The molecule has 0 N–H and O–H groups in total.